The zero-order chi connectivity index (χ0) is 25.0. The first-order valence-electron chi connectivity index (χ1n) is 12.2. The molecule has 0 aliphatic rings. The number of hydrogen-bond acceptors (Lipinski definition) is 4. The molecule has 4 aromatic carbocycles. The highest BCUT2D eigenvalue weighted by atomic mass is 15.0. The molecule has 0 N–H and O–H groups in total. The van der Waals surface area contributed by atoms with Crippen molar-refractivity contribution in [2.75, 3.05) is 0 Å². The fraction of sp³-hybridized carbons (Fsp3) is 0.0303. The Balaban J connectivity index is 1.40. The van der Waals surface area contributed by atoms with Crippen molar-refractivity contribution < 1.29 is 0 Å². The quantitative estimate of drug-likeness (QED) is 0.254. The van der Waals surface area contributed by atoms with E-state index in [1.54, 1.807) is 0 Å². The van der Waals surface area contributed by atoms with Gasteiger partial charge in [-0.1, -0.05) is 115 Å². The van der Waals surface area contributed by atoms with Crippen molar-refractivity contribution in [3.05, 3.63) is 133 Å². The van der Waals surface area contributed by atoms with Gasteiger partial charge in [-0.3, -0.25) is 4.98 Å². The van der Waals surface area contributed by atoms with Crippen LogP contribution >= 0.6 is 0 Å². The van der Waals surface area contributed by atoms with Crippen molar-refractivity contribution in [2.45, 2.75) is 6.92 Å². The minimum absolute atomic E-state index is 0.643. The monoisotopic (exact) mass is 476 g/mol. The molecule has 2 heterocycles. The number of benzene rings is 4. The third kappa shape index (κ3) is 4.91. The molecule has 0 aliphatic heterocycles. The van der Waals surface area contributed by atoms with E-state index in [1.165, 1.54) is 5.56 Å². The molecule has 0 saturated heterocycles. The van der Waals surface area contributed by atoms with Crippen molar-refractivity contribution >= 4 is 0 Å². The molecule has 0 saturated carbocycles. The lowest BCUT2D eigenvalue weighted by Crippen LogP contribution is -2.00. The van der Waals surface area contributed by atoms with E-state index in [2.05, 4.69) is 71.7 Å². The lowest BCUT2D eigenvalue weighted by Gasteiger charge is -2.10. The third-order valence-corrected chi connectivity index (χ3v) is 6.31. The van der Waals surface area contributed by atoms with Crippen LogP contribution in [-0.2, 0) is 0 Å². The Morgan fingerprint density at radius 1 is 0.351 bits per heavy atom. The van der Waals surface area contributed by atoms with Gasteiger partial charge >= 0.3 is 0 Å². The molecule has 0 spiro atoms. The first-order valence-corrected chi connectivity index (χ1v) is 12.2. The van der Waals surface area contributed by atoms with E-state index in [4.69, 9.17) is 15.0 Å². The van der Waals surface area contributed by atoms with Crippen LogP contribution in [-0.4, -0.2) is 19.9 Å². The Morgan fingerprint density at radius 3 is 1.16 bits per heavy atom. The first kappa shape index (κ1) is 22.5. The van der Waals surface area contributed by atoms with Gasteiger partial charge in [0, 0.05) is 34.1 Å². The number of hydrogen-bond donors (Lipinski definition) is 0. The van der Waals surface area contributed by atoms with E-state index in [9.17, 15) is 0 Å². The zero-order valence-corrected chi connectivity index (χ0v) is 20.4. The summed E-state index contributed by atoms with van der Waals surface area (Å²) in [4.78, 5) is 19.0. The lowest BCUT2D eigenvalue weighted by atomic mass is 10.0. The van der Waals surface area contributed by atoms with Crippen molar-refractivity contribution in [2.24, 2.45) is 0 Å². The number of pyridine rings is 1. The molecule has 2 aromatic heterocycles. The average molecular weight is 477 g/mol. The molecule has 0 atom stereocenters. The van der Waals surface area contributed by atoms with Gasteiger partial charge in [-0.25, -0.2) is 15.0 Å². The summed E-state index contributed by atoms with van der Waals surface area (Å²) >= 11 is 0. The highest BCUT2D eigenvalue weighted by Crippen LogP contribution is 2.28. The van der Waals surface area contributed by atoms with Crippen LogP contribution in [0.4, 0.5) is 0 Å². The van der Waals surface area contributed by atoms with E-state index < -0.39 is 0 Å². The molecule has 6 aromatic rings. The normalized spacial score (nSPS) is 10.8. The van der Waals surface area contributed by atoms with Gasteiger partial charge in [-0.15, -0.1) is 0 Å². The van der Waals surface area contributed by atoms with E-state index >= 15 is 0 Å². The number of rotatable bonds is 5. The van der Waals surface area contributed by atoms with Crippen LogP contribution in [0.3, 0.4) is 0 Å². The second kappa shape index (κ2) is 9.96. The van der Waals surface area contributed by atoms with E-state index in [0.717, 1.165) is 39.1 Å². The van der Waals surface area contributed by atoms with E-state index in [-0.39, 0.29) is 0 Å². The fourth-order valence-corrected chi connectivity index (χ4v) is 4.24. The van der Waals surface area contributed by atoms with Crippen molar-refractivity contribution in [3.8, 4) is 56.4 Å². The lowest BCUT2D eigenvalue weighted by molar-refractivity contribution is 1.07. The van der Waals surface area contributed by atoms with Gasteiger partial charge < -0.3 is 0 Å². The molecule has 0 radical (unpaired) electrons. The molecule has 4 nitrogen and oxygen atoms in total. The van der Waals surface area contributed by atoms with Gasteiger partial charge in [0.1, 0.15) is 0 Å². The van der Waals surface area contributed by atoms with Crippen LogP contribution in [0.25, 0.3) is 56.4 Å². The van der Waals surface area contributed by atoms with Gasteiger partial charge in [0.2, 0.25) is 0 Å². The summed E-state index contributed by atoms with van der Waals surface area (Å²) in [7, 11) is 0. The Kier molecular flexibility index (Phi) is 6.05. The van der Waals surface area contributed by atoms with Crippen LogP contribution in [0.1, 0.15) is 5.69 Å². The predicted molar refractivity (Wildman–Crippen MR) is 150 cm³/mol. The van der Waals surface area contributed by atoms with Gasteiger partial charge in [-0.05, 0) is 29.7 Å². The van der Waals surface area contributed by atoms with E-state index in [1.807, 2.05) is 67.7 Å². The standard InChI is InChI=1S/C33H24N4/c1-23-12-13-30(22-34-23)26-16-20-29(21-17-26)33-36-31(27-10-6-3-7-11-27)35-32(37-33)28-18-14-25(15-19-28)24-8-4-2-5-9-24/h2-22H,1H3. The Labute approximate surface area is 216 Å². The van der Waals surface area contributed by atoms with E-state index in [0.29, 0.717) is 17.5 Å². The van der Waals surface area contributed by atoms with Crippen LogP contribution in [0.2, 0.25) is 0 Å². The minimum atomic E-state index is 0.643. The molecule has 176 valence electrons. The van der Waals surface area contributed by atoms with Crippen LogP contribution < -0.4 is 0 Å². The van der Waals surface area contributed by atoms with Crippen LogP contribution in [0.15, 0.2) is 128 Å². The fourth-order valence-electron chi connectivity index (χ4n) is 4.24. The number of aromatic nitrogens is 4. The summed E-state index contributed by atoms with van der Waals surface area (Å²) in [5, 5.41) is 0. The molecular formula is C33H24N4. The second-order valence-corrected chi connectivity index (χ2v) is 8.88. The largest absolute Gasteiger partial charge is 0.261 e. The highest BCUT2D eigenvalue weighted by Gasteiger charge is 2.13. The Bertz CT molecular complexity index is 1630. The van der Waals surface area contributed by atoms with Crippen LogP contribution in [0, 0.1) is 6.92 Å². The molecule has 37 heavy (non-hydrogen) atoms. The summed E-state index contributed by atoms with van der Waals surface area (Å²) in [6.07, 6.45) is 1.90. The summed E-state index contributed by atoms with van der Waals surface area (Å²) in [6.45, 7) is 1.99. The molecule has 0 fully saturated rings. The molecule has 0 aliphatic carbocycles. The van der Waals surface area contributed by atoms with Crippen molar-refractivity contribution in [3.63, 3.8) is 0 Å². The highest BCUT2D eigenvalue weighted by molar-refractivity contribution is 5.72. The summed E-state index contributed by atoms with van der Waals surface area (Å²) < 4.78 is 0. The summed E-state index contributed by atoms with van der Waals surface area (Å²) in [5.41, 5.74) is 8.36. The molecule has 6 rings (SSSR count). The Hall–Kier alpha value is -4.96. The van der Waals surface area contributed by atoms with Crippen molar-refractivity contribution in [1.29, 1.82) is 0 Å². The number of aryl methyl sites for hydroxylation is 1. The maximum atomic E-state index is 4.88. The molecule has 0 amide bonds. The summed E-state index contributed by atoms with van der Waals surface area (Å²) in [6, 6.07) is 41.2. The zero-order valence-electron chi connectivity index (χ0n) is 20.4. The first-order chi connectivity index (χ1) is 18.2. The van der Waals surface area contributed by atoms with Gasteiger partial charge in [0.05, 0.1) is 0 Å². The van der Waals surface area contributed by atoms with Crippen LogP contribution in [0.5, 0.6) is 0 Å². The molecular weight excluding hydrogens is 452 g/mol. The number of nitrogens with zero attached hydrogens (tertiary/aromatic N) is 4. The smallest absolute Gasteiger partial charge is 0.164 e. The SMILES string of the molecule is Cc1ccc(-c2ccc(-c3nc(-c4ccccc4)nc(-c4ccc(-c5ccccc5)cc4)n3)cc2)cn1. The third-order valence-electron chi connectivity index (χ3n) is 6.31. The maximum absolute atomic E-state index is 4.88. The maximum Gasteiger partial charge on any atom is 0.164 e. The molecule has 0 bridgehead atoms. The second-order valence-electron chi connectivity index (χ2n) is 8.88. The predicted octanol–water partition coefficient (Wildman–Crippen LogP) is 7.91. The Morgan fingerprint density at radius 2 is 0.703 bits per heavy atom. The minimum Gasteiger partial charge on any atom is -0.261 e. The average Bonchev–Trinajstić information content (AvgIpc) is 2.98. The molecule has 0 unspecified atom stereocenters. The van der Waals surface area contributed by atoms with Gasteiger partial charge in [0.25, 0.3) is 0 Å². The summed E-state index contributed by atoms with van der Waals surface area (Å²) in [5.74, 6) is 1.94. The topological polar surface area (TPSA) is 51.6 Å². The van der Waals surface area contributed by atoms with Gasteiger partial charge in [-0.2, -0.15) is 0 Å². The molecule has 4 heteroatoms. The van der Waals surface area contributed by atoms with Crippen molar-refractivity contribution in [1.82, 2.24) is 19.9 Å². The van der Waals surface area contributed by atoms with Gasteiger partial charge in [0.15, 0.2) is 17.5 Å².